The SMILES string of the molecule is Cc1cc(F)ccc1CC(=O)CC1(N)CCC1. The summed E-state index contributed by atoms with van der Waals surface area (Å²) in [7, 11) is 0. The van der Waals surface area contributed by atoms with Gasteiger partial charge < -0.3 is 5.73 Å². The lowest BCUT2D eigenvalue weighted by molar-refractivity contribution is -0.120. The minimum atomic E-state index is -0.259. The zero-order chi connectivity index (χ0) is 12.5. The van der Waals surface area contributed by atoms with Crippen molar-refractivity contribution in [2.45, 2.75) is 44.6 Å². The molecule has 2 N–H and O–H groups in total. The molecule has 1 aromatic rings. The molecule has 0 saturated heterocycles. The molecule has 1 saturated carbocycles. The minimum absolute atomic E-state index is 0.155. The summed E-state index contributed by atoms with van der Waals surface area (Å²) in [6, 6.07) is 4.55. The summed E-state index contributed by atoms with van der Waals surface area (Å²) in [4.78, 5) is 11.9. The Hall–Kier alpha value is -1.22. The van der Waals surface area contributed by atoms with E-state index < -0.39 is 0 Å². The summed E-state index contributed by atoms with van der Waals surface area (Å²) >= 11 is 0. The average molecular weight is 235 g/mol. The Bertz CT molecular complexity index is 438. The van der Waals surface area contributed by atoms with Gasteiger partial charge in [0.2, 0.25) is 0 Å². The van der Waals surface area contributed by atoms with Crippen molar-refractivity contribution in [1.82, 2.24) is 0 Å². The molecular formula is C14H18FNO. The first-order chi connectivity index (χ1) is 7.98. The molecule has 1 aliphatic rings. The third-order valence-electron chi connectivity index (χ3n) is 3.59. The predicted octanol–water partition coefficient (Wildman–Crippen LogP) is 2.52. The molecular weight excluding hydrogens is 217 g/mol. The molecule has 1 aromatic carbocycles. The van der Waals surface area contributed by atoms with Crippen LogP contribution in [-0.4, -0.2) is 11.3 Å². The number of nitrogens with two attached hydrogens (primary N) is 1. The van der Waals surface area contributed by atoms with Gasteiger partial charge in [-0.25, -0.2) is 4.39 Å². The Morgan fingerprint density at radius 1 is 1.47 bits per heavy atom. The van der Waals surface area contributed by atoms with E-state index in [1.54, 1.807) is 6.07 Å². The van der Waals surface area contributed by atoms with Gasteiger partial charge >= 0.3 is 0 Å². The number of hydrogen-bond donors (Lipinski definition) is 1. The number of aryl methyl sites for hydroxylation is 1. The highest BCUT2D eigenvalue weighted by molar-refractivity contribution is 5.82. The molecule has 0 aliphatic heterocycles. The molecule has 1 fully saturated rings. The summed E-state index contributed by atoms with van der Waals surface area (Å²) in [5, 5.41) is 0. The van der Waals surface area contributed by atoms with Gasteiger partial charge in [0.1, 0.15) is 11.6 Å². The lowest BCUT2D eigenvalue weighted by Gasteiger charge is -2.37. The Kier molecular flexibility index (Phi) is 3.29. The number of ketones is 1. The molecule has 1 aliphatic carbocycles. The largest absolute Gasteiger partial charge is 0.325 e. The highest BCUT2D eigenvalue weighted by Gasteiger charge is 2.34. The number of benzene rings is 1. The van der Waals surface area contributed by atoms with Crippen molar-refractivity contribution < 1.29 is 9.18 Å². The molecule has 0 bridgehead atoms. The van der Waals surface area contributed by atoms with E-state index in [2.05, 4.69) is 0 Å². The zero-order valence-corrected chi connectivity index (χ0v) is 10.1. The van der Waals surface area contributed by atoms with Crippen LogP contribution in [0.25, 0.3) is 0 Å². The van der Waals surface area contributed by atoms with Gasteiger partial charge in [0.15, 0.2) is 0 Å². The molecule has 2 nitrogen and oxygen atoms in total. The van der Waals surface area contributed by atoms with Gasteiger partial charge in [0, 0.05) is 18.4 Å². The van der Waals surface area contributed by atoms with Gasteiger partial charge in [0.05, 0.1) is 0 Å². The Morgan fingerprint density at radius 2 is 2.18 bits per heavy atom. The second-order valence-electron chi connectivity index (χ2n) is 5.18. The van der Waals surface area contributed by atoms with Crippen molar-refractivity contribution in [2.24, 2.45) is 5.73 Å². The number of Topliss-reactive ketones (excluding diaryl/α,β-unsaturated/α-hetero) is 1. The van der Waals surface area contributed by atoms with E-state index >= 15 is 0 Å². The van der Waals surface area contributed by atoms with Crippen LogP contribution in [0.3, 0.4) is 0 Å². The monoisotopic (exact) mass is 235 g/mol. The minimum Gasteiger partial charge on any atom is -0.325 e. The third-order valence-corrected chi connectivity index (χ3v) is 3.59. The van der Waals surface area contributed by atoms with Crippen LogP contribution in [0.15, 0.2) is 18.2 Å². The number of halogens is 1. The van der Waals surface area contributed by atoms with Gasteiger partial charge in [0.25, 0.3) is 0 Å². The smallest absolute Gasteiger partial charge is 0.139 e. The van der Waals surface area contributed by atoms with Crippen molar-refractivity contribution >= 4 is 5.78 Å². The van der Waals surface area contributed by atoms with Crippen molar-refractivity contribution in [3.05, 3.63) is 35.1 Å². The predicted molar refractivity (Wildman–Crippen MR) is 65.2 cm³/mol. The fourth-order valence-electron chi connectivity index (χ4n) is 2.33. The van der Waals surface area contributed by atoms with Gasteiger partial charge in [-0.3, -0.25) is 4.79 Å². The van der Waals surface area contributed by atoms with Gasteiger partial charge in [-0.05, 0) is 49.4 Å². The molecule has 2 rings (SSSR count). The first-order valence-electron chi connectivity index (χ1n) is 6.04. The Labute approximate surface area is 101 Å². The van der Waals surface area contributed by atoms with Crippen molar-refractivity contribution in [2.75, 3.05) is 0 Å². The maximum Gasteiger partial charge on any atom is 0.139 e. The molecule has 0 aromatic heterocycles. The van der Waals surface area contributed by atoms with Gasteiger partial charge in [-0.1, -0.05) is 6.07 Å². The van der Waals surface area contributed by atoms with Crippen LogP contribution in [0.5, 0.6) is 0 Å². The molecule has 3 heteroatoms. The van der Waals surface area contributed by atoms with Crippen LogP contribution in [0.1, 0.15) is 36.8 Å². The zero-order valence-electron chi connectivity index (χ0n) is 10.1. The second kappa shape index (κ2) is 4.57. The van der Waals surface area contributed by atoms with E-state index in [4.69, 9.17) is 5.73 Å². The van der Waals surface area contributed by atoms with E-state index in [1.165, 1.54) is 12.1 Å². The normalized spacial score (nSPS) is 17.6. The number of carbonyl (C=O) groups excluding carboxylic acids is 1. The Balaban J connectivity index is 1.98. The fourth-order valence-corrected chi connectivity index (χ4v) is 2.33. The van der Waals surface area contributed by atoms with Crippen LogP contribution in [0, 0.1) is 12.7 Å². The first kappa shape index (κ1) is 12.2. The number of rotatable bonds is 4. The topological polar surface area (TPSA) is 43.1 Å². The third kappa shape index (κ3) is 2.91. The first-order valence-corrected chi connectivity index (χ1v) is 6.04. The lowest BCUT2D eigenvalue weighted by atomic mass is 9.74. The van der Waals surface area contributed by atoms with Crippen LogP contribution in [0.4, 0.5) is 4.39 Å². The van der Waals surface area contributed by atoms with E-state index in [9.17, 15) is 9.18 Å². The summed E-state index contributed by atoms with van der Waals surface area (Å²) in [6.07, 6.45) is 3.83. The summed E-state index contributed by atoms with van der Waals surface area (Å²) < 4.78 is 12.9. The molecule has 0 spiro atoms. The van der Waals surface area contributed by atoms with E-state index in [1.807, 2.05) is 6.92 Å². The number of hydrogen-bond acceptors (Lipinski definition) is 2. The highest BCUT2D eigenvalue weighted by atomic mass is 19.1. The standard InChI is InChI=1S/C14H18FNO/c1-10-7-12(15)4-3-11(10)8-13(17)9-14(16)5-2-6-14/h3-4,7H,2,5-6,8-9,16H2,1H3. The quantitative estimate of drug-likeness (QED) is 0.871. The molecule has 0 amide bonds. The van der Waals surface area contributed by atoms with Crippen LogP contribution < -0.4 is 5.73 Å². The van der Waals surface area contributed by atoms with Crippen molar-refractivity contribution in [1.29, 1.82) is 0 Å². The van der Waals surface area contributed by atoms with Gasteiger partial charge in [-0.15, -0.1) is 0 Å². The molecule has 17 heavy (non-hydrogen) atoms. The Morgan fingerprint density at radius 3 is 2.71 bits per heavy atom. The average Bonchev–Trinajstić information content (AvgIpc) is 2.20. The van der Waals surface area contributed by atoms with Crippen molar-refractivity contribution in [3.8, 4) is 0 Å². The van der Waals surface area contributed by atoms with Crippen LogP contribution in [-0.2, 0) is 11.2 Å². The fraction of sp³-hybridized carbons (Fsp3) is 0.500. The van der Waals surface area contributed by atoms with Gasteiger partial charge in [-0.2, -0.15) is 0 Å². The molecule has 0 unspecified atom stereocenters. The number of carbonyl (C=O) groups is 1. The van der Waals surface area contributed by atoms with E-state index in [0.29, 0.717) is 12.8 Å². The molecule has 92 valence electrons. The second-order valence-corrected chi connectivity index (χ2v) is 5.18. The molecule has 0 radical (unpaired) electrons. The maximum absolute atomic E-state index is 12.9. The highest BCUT2D eigenvalue weighted by Crippen LogP contribution is 2.32. The van der Waals surface area contributed by atoms with Crippen molar-refractivity contribution in [3.63, 3.8) is 0 Å². The van der Waals surface area contributed by atoms with Crippen LogP contribution in [0.2, 0.25) is 0 Å². The van der Waals surface area contributed by atoms with E-state index in [-0.39, 0.29) is 17.1 Å². The lowest BCUT2D eigenvalue weighted by Crippen LogP contribution is -2.48. The van der Waals surface area contributed by atoms with Crippen LogP contribution >= 0.6 is 0 Å². The maximum atomic E-state index is 12.9. The molecule has 0 heterocycles. The molecule has 0 atom stereocenters. The summed E-state index contributed by atoms with van der Waals surface area (Å²) in [6.45, 7) is 1.83. The van der Waals surface area contributed by atoms with E-state index in [0.717, 1.165) is 30.4 Å². The summed E-state index contributed by atoms with van der Waals surface area (Å²) in [5.41, 5.74) is 7.51. The summed E-state index contributed by atoms with van der Waals surface area (Å²) in [5.74, 6) is -0.102.